The Labute approximate surface area is 169 Å². The number of carbonyl (C=O) groups is 3. The number of amides is 3. The fourth-order valence-corrected chi connectivity index (χ4v) is 4.05. The summed E-state index contributed by atoms with van der Waals surface area (Å²) in [5.74, 6) is -0.624. The van der Waals surface area contributed by atoms with Gasteiger partial charge in [-0.1, -0.05) is 24.6 Å². The van der Waals surface area contributed by atoms with E-state index in [1.807, 2.05) is 0 Å². The van der Waals surface area contributed by atoms with Crippen molar-refractivity contribution in [1.29, 1.82) is 0 Å². The Kier molecular flexibility index (Phi) is 5.82. The van der Waals surface area contributed by atoms with E-state index in [2.05, 4.69) is 5.32 Å². The topological polar surface area (TPSA) is 92.5 Å². The first-order valence-electron chi connectivity index (χ1n) is 9.19. The molecule has 0 saturated heterocycles. The molecule has 4 rings (SSSR count). The molecule has 0 unspecified atom stereocenters. The molecule has 0 bridgehead atoms. The minimum atomic E-state index is -0.349. The molecule has 2 aromatic rings. The van der Waals surface area contributed by atoms with Crippen LogP contribution in [0.15, 0.2) is 48.5 Å². The number of carbonyl (C=O) groups excluding carboxylic acids is 3. The normalized spacial score (nSPS) is 20.7. The second kappa shape index (κ2) is 8.12. The molecule has 7 heteroatoms. The standard InChI is InChI=1S/C21H21N3O3.ClH/c22-12-13-5-3-10-16(13)19(25)23-14-6-4-7-15(11-14)24-20(26)17-8-1-2-9-18(17)21(24)27;/h1-2,4,6-9,11,13,16H,3,5,10,12,22H2,(H,23,25);1H/t13-,16-;/m1./s1. The first-order chi connectivity index (χ1) is 13.1. The van der Waals surface area contributed by atoms with Crippen LogP contribution in [0.25, 0.3) is 0 Å². The molecule has 1 fully saturated rings. The highest BCUT2D eigenvalue weighted by Crippen LogP contribution is 2.33. The number of nitrogens with one attached hydrogen (secondary N) is 1. The van der Waals surface area contributed by atoms with E-state index in [-0.39, 0.29) is 42.0 Å². The highest BCUT2D eigenvalue weighted by atomic mass is 35.5. The Balaban J connectivity index is 0.00000225. The van der Waals surface area contributed by atoms with Crippen LogP contribution < -0.4 is 16.0 Å². The molecule has 1 heterocycles. The van der Waals surface area contributed by atoms with Gasteiger partial charge in [0.15, 0.2) is 0 Å². The van der Waals surface area contributed by atoms with E-state index in [0.29, 0.717) is 29.0 Å². The average Bonchev–Trinajstić information content (AvgIpc) is 3.26. The lowest BCUT2D eigenvalue weighted by Gasteiger charge is -2.19. The van der Waals surface area contributed by atoms with Gasteiger partial charge in [0.2, 0.25) is 5.91 Å². The highest BCUT2D eigenvalue weighted by Gasteiger charge is 2.36. The molecule has 0 aromatic heterocycles. The summed E-state index contributed by atoms with van der Waals surface area (Å²) < 4.78 is 0. The van der Waals surface area contributed by atoms with Crippen LogP contribution in [-0.2, 0) is 4.79 Å². The van der Waals surface area contributed by atoms with Crippen molar-refractivity contribution in [2.45, 2.75) is 19.3 Å². The minimum Gasteiger partial charge on any atom is -0.330 e. The van der Waals surface area contributed by atoms with Gasteiger partial charge in [0.1, 0.15) is 0 Å². The van der Waals surface area contributed by atoms with Gasteiger partial charge in [0.05, 0.1) is 16.8 Å². The lowest BCUT2D eigenvalue weighted by molar-refractivity contribution is -0.120. The zero-order chi connectivity index (χ0) is 19.0. The van der Waals surface area contributed by atoms with Gasteiger partial charge < -0.3 is 11.1 Å². The molecule has 2 atom stereocenters. The maximum atomic E-state index is 12.6. The summed E-state index contributed by atoms with van der Waals surface area (Å²) in [6.07, 6.45) is 2.82. The number of fused-ring (bicyclic) bond motifs is 1. The van der Waals surface area contributed by atoms with Gasteiger partial charge in [0.25, 0.3) is 11.8 Å². The van der Waals surface area contributed by atoms with Crippen LogP contribution in [0.2, 0.25) is 0 Å². The Morgan fingerprint density at radius 3 is 2.36 bits per heavy atom. The summed E-state index contributed by atoms with van der Waals surface area (Å²) in [4.78, 5) is 39.0. The number of hydrogen-bond acceptors (Lipinski definition) is 4. The molecule has 3 N–H and O–H groups in total. The van der Waals surface area contributed by atoms with Crippen LogP contribution in [0, 0.1) is 11.8 Å². The fourth-order valence-electron chi connectivity index (χ4n) is 4.05. The second-order valence-corrected chi connectivity index (χ2v) is 7.06. The van der Waals surface area contributed by atoms with Crippen LogP contribution in [0.1, 0.15) is 40.0 Å². The second-order valence-electron chi connectivity index (χ2n) is 7.06. The van der Waals surface area contributed by atoms with Gasteiger partial charge >= 0.3 is 0 Å². The quantitative estimate of drug-likeness (QED) is 0.772. The molecular weight excluding hydrogens is 378 g/mol. The monoisotopic (exact) mass is 399 g/mol. The molecule has 2 aromatic carbocycles. The third-order valence-corrected chi connectivity index (χ3v) is 5.46. The van der Waals surface area contributed by atoms with Crippen LogP contribution >= 0.6 is 12.4 Å². The lowest BCUT2D eigenvalue weighted by atomic mass is 9.95. The largest absolute Gasteiger partial charge is 0.330 e. The molecule has 146 valence electrons. The van der Waals surface area contributed by atoms with Crippen molar-refractivity contribution in [3.8, 4) is 0 Å². The Bertz CT molecular complexity index is 896. The third kappa shape index (κ3) is 3.41. The first-order valence-corrected chi connectivity index (χ1v) is 9.19. The summed E-state index contributed by atoms with van der Waals surface area (Å²) in [5, 5.41) is 2.92. The number of halogens is 1. The van der Waals surface area contributed by atoms with E-state index in [4.69, 9.17) is 5.73 Å². The highest BCUT2D eigenvalue weighted by molar-refractivity contribution is 6.34. The predicted molar refractivity (Wildman–Crippen MR) is 110 cm³/mol. The number of imide groups is 1. The van der Waals surface area contributed by atoms with Crippen LogP contribution in [0.4, 0.5) is 11.4 Å². The van der Waals surface area contributed by atoms with Crippen LogP contribution in [-0.4, -0.2) is 24.3 Å². The number of nitrogens with two attached hydrogens (primary N) is 1. The smallest absolute Gasteiger partial charge is 0.266 e. The van der Waals surface area contributed by atoms with E-state index in [1.54, 1.807) is 48.5 Å². The maximum absolute atomic E-state index is 12.6. The summed E-state index contributed by atoms with van der Waals surface area (Å²) >= 11 is 0. The van der Waals surface area contributed by atoms with Gasteiger partial charge in [-0.3, -0.25) is 14.4 Å². The maximum Gasteiger partial charge on any atom is 0.266 e. The van der Waals surface area contributed by atoms with Crippen LogP contribution in [0.5, 0.6) is 0 Å². The SMILES string of the molecule is Cl.NC[C@H]1CCC[C@H]1C(=O)Nc1cccc(N2C(=O)c3ccccc3C2=O)c1. The molecule has 1 aliphatic heterocycles. The van der Waals surface area contributed by atoms with Crippen molar-refractivity contribution in [1.82, 2.24) is 0 Å². The number of anilines is 2. The van der Waals surface area contributed by atoms with Crippen molar-refractivity contribution in [3.05, 3.63) is 59.7 Å². The average molecular weight is 400 g/mol. The van der Waals surface area contributed by atoms with Gasteiger partial charge in [-0.2, -0.15) is 0 Å². The zero-order valence-electron chi connectivity index (χ0n) is 15.3. The van der Waals surface area contributed by atoms with Gasteiger partial charge in [-0.05, 0) is 55.6 Å². The molecular formula is C21H22ClN3O3. The fraction of sp³-hybridized carbons (Fsp3) is 0.286. The molecule has 0 radical (unpaired) electrons. The Morgan fingerprint density at radius 2 is 1.71 bits per heavy atom. The van der Waals surface area contributed by atoms with Crippen molar-refractivity contribution in [3.63, 3.8) is 0 Å². The van der Waals surface area contributed by atoms with Crippen molar-refractivity contribution in [2.75, 3.05) is 16.8 Å². The number of hydrogen-bond donors (Lipinski definition) is 2. The summed E-state index contributed by atoms with van der Waals surface area (Å²) in [6.45, 7) is 0.507. The predicted octanol–water partition coefficient (Wildman–Crippen LogP) is 3.22. The summed E-state index contributed by atoms with van der Waals surface area (Å²) in [6, 6.07) is 13.6. The molecule has 2 aliphatic rings. The molecule has 1 aliphatic carbocycles. The van der Waals surface area contributed by atoms with E-state index >= 15 is 0 Å². The summed E-state index contributed by atoms with van der Waals surface area (Å²) in [7, 11) is 0. The molecule has 6 nitrogen and oxygen atoms in total. The number of nitrogens with zero attached hydrogens (tertiary/aromatic N) is 1. The van der Waals surface area contributed by atoms with Crippen molar-refractivity contribution in [2.24, 2.45) is 17.6 Å². The Hall–Kier alpha value is -2.70. The molecule has 3 amide bonds. The first kappa shape index (κ1) is 20.0. The van der Waals surface area contributed by atoms with Gasteiger partial charge in [0, 0.05) is 11.6 Å². The molecule has 1 saturated carbocycles. The van der Waals surface area contributed by atoms with Crippen LogP contribution in [0.3, 0.4) is 0 Å². The van der Waals surface area contributed by atoms with E-state index in [0.717, 1.165) is 24.2 Å². The van der Waals surface area contributed by atoms with Crippen molar-refractivity contribution < 1.29 is 14.4 Å². The van der Waals surface area contributed by atoms with Crippen molar-refractivity contribution >= 4 is 41.5 Å². The van der Waals surface area contributed by atoms with E-state index in [9.17, 15) is 14.4 Å². The van der Waals surface area contributed by atoms with E-state index in [1.165, 1.54) is 0 Å². The third-order valence-electron chi connectivity index (χ3n) is 5.46. The summed E-state index contributed by atoms with van der Waals surface area (Å²) in [5.41, 5.74) is 7.58. The van der Waals surface area contributed by atoms with Gasteiger partial charge in [-0.15, -0.1) is 12.4 Å². The lowest BCUT2D eigenvalue weighted by Crippen LogP contribution is -2.30. The number of benzene rings is 2. The zero-order valence-corrected chi connectivity index (χ0v) is 16.1. The number of rotatable bonds is 4. The molecule has 0 spiro atoms. The molecule has 28 heavy (non-hydrogen) atoms. The minimum absolute atomic E-state index is 0. The van der Waals surface area contributed by atoms with E-state index < -0.39 is 0 Å². The Morgan fingerprint density at radius 1 is 1.04 bits per heavy atom. The van der Waals surface area contributed by atoms with Gasteiger partial charge in [-0.25, -0.2) is 4.90 Å².